The average Bonchev–Trinajstić information content (AvgIpc) is 3.27. The zero-order valence-corrected chi connectivity index (χ0v) is 17.8. The maximum Gasteiger partial charge on any atom is 0.320 e. The predicted molar refractivity (Wildman–Crippen MR) is 115 cm³/mol. The van der Waals surface area contributed by atoms with E-state index in [4.69, 9.17) is 14.3 Å². The number of carboxylic acids is 1. The molecule has 178 valence electrons. The van der Waals surface area contributed by atoms with Crippen LogP contribution in [0.25, 0.3) is 0 Å². The van der Waals surface area contributed by atoms with Gasteiger partial charge in [-0.3, -0.25) is 9.59 Å². The number of halogens is 2. The molecule has 12 heteroatoms. The highest BCUT2D eigenvalue weighted by Crippen LogP contribution is 2.29. The minimum Gasteiger partial charge on any atom is -0.481 e. The lowest BCUT2D eigenvalue weighted by molar-refractivity contribution is -0.138. The number of benzene rings is 1. The Morgan fingerprint density at radius 3 is 2.50 bits per heavy atom. The van der Waals surface area contributed by atoms with Gasteiger partial charge in [0.15, 0.2) is 11.6 Å². The molecule has 1 saturated carbocycles. The second kappa shape index (κ2) is 10.2. The highest BCUT2D eigenvalue weighted by molar-refractivity contribution is 6.00. The normalized spacial score (nSPS) is 17.7. The van der Waals surface area contributed by atoms with Gasteiger partial charge in [0.2, 0.25) is 5.88 Å². The molecule has 0 aliphatic heterocycles. The van der Waals surface area contributed by atoms with E-state index in [9.17, 15) is 18.4 Å². The summed E-state index contributed by atoms with van der Waals surface area (Å²) in [6.07, 6.45) is 4.68. The highest BCUT2D eigenvalue weighted by Gasteiger charge is 2.24. The molecule has 0 saturated heterocycles. The van der Waals surface area contributed by atoms with Crippen LogP contribution in [0, 0.1) is 17.6 Å². The van der Waals surface area contributed by atoms with Gasteiger partial charge in [0, 0.05) is 24.2 Å². The maximum absolute atomic E-state index is 13.3. The van der Waals surface area contributed by atoms with Crippen molar-refractivity contribution < 1.29 is 32.6 Å². The molecule has 1 aromatic carbocycles. The van der Waals surface area contributed by atoms with E-state index in [1.165, 1.54) is 12.3 Å². The first-order chi connectivity index (χ1) is 16.4. The minimum absolute atomic E-state index is 0.0307. The molecule has 1 amide bonds. The molecule has 0 atom stereocenters. The summed E-state index contributed by atoms with van der Waals surface area (Å²) in [4.78, 5) is 27.4. The number of amides is 1. The number of ether oxygens (including phenoxy) is 1. The zero-order valence-electron chi connectivity index (χ0n) is 17.8. The Labute approximate surface area is 192 Å². The summed E-state index contributed by atoms with van der Waals surface area (Å²) in [5.74, 6) is -3.27. The quantitative estimate of drug-likeness (QED) is 0.440. The molecule has 34 heavy (non-hydrogen) atoms. The van der Waals surface area contributed by atoms with Gasteiger partial charge in [0.1, 0.15) is 6.10 Å². The first-order valence-electron chi connectivity index (χ1n) is 10.6. The van der Waals surface area contributed by atoms with E-state index >= 15 is 0 Å². The predicted octanol–water partition coefficient (Wildman–Crippen LogP) is 4.15. The van der Waals surface area contributed by atoms with Crippen LogP contribution in [0.15, 0.2) is 40.9 Å². The molecule has 10 nitrogen and oxygen atoms in total. The van der Waals surface area contributed by atoms with Gasteiger partial charge >= 0.3 is 23.8 Å². The van der Waals surface area contributed by atoms with Crippen molar-refractivity contribution in [2.75, 3.05) is 10.6 Å². The van der Waals surface area contributed by atoms with Crippen molar-refractivity contribution in [3.63, 3.8) is 0 Å². The Morgan fingerprint density at radius 2 is 1.82 bits per heavy atom. The highest BCUT2D eigenvalue weighted by atomic mass is 19.2. The summed E-state index contributed by atoms with van der Waals surface area (Å²) in [5.41, 5.74) is 0.542. The van der Waals surface area contributed by atoms with Crippen molar-refractivity contribution in [3.05, 3.63) is 54.1 Å². The lowest BCUT2D eigenvalue weighted by atomic mass is 9.85. The van der Waals surface area contributed by atoms with E-state index in [1.54, 1.807) is 12.1 Å². The fraction of sp³-hybridized carbons (Fsp3) is 0.318. The summed E-state index contributed by atoms with van der Waals surface area (Å²) >= 11 is 0. The number of pyridine rings is 1. The van der Waals surface area contributed by atoms with Crippen LogP contribution >= 0.6 is 0 Å². The number of hydrogen-bond acceptors (Lipinski definition) is 8. The number of aromatic nitrogens is 3. The molecule has 1 fully saturated rings. The molecular weight excluding hydrogens is 452 g/mol. The molecule has 1 aliphatic rings. The van der Waals surface area contributed by atoms with Crippen LogP contribution in [-0.4, -0.2) is 38.3 Å². The van der Waals surface area contributed by atoms with Crippen LogP contribution in [0.1, 0.15) is 42.8 Å². The molecule has 0 radical (unpaired) electrons. The fourth-order valence-electron chi connectivity index (χ4n) is 3.64. The van der Waals surface area contributed by atoms with Crippen molar-refractivity contribution in [1.29, 1.82) is 0 Å². The van der Waals surface area contributed by atoms with Crippen LogP contribution in [0.5, 0.6) is 5.88 Å². The van der Waals surface area contributed by atoms with Crippen LogP contribution in [-0.2, 0) is 4.79 Å². The second-order valence-electron chi connectivity index (χ2n) is 7.86. The topological polar surface area (TPSA) is 139 Å². The van der Waals surface area contributed by atoms with Crippen LogP contribution in [0.4, 0.5) is 26.2 Å². The van der Waals surface area contributed by atoms with Crippen molar-refractivity contribution in [3.8, 4) is 5.88 Å². The van der Waals surface area contributed by atoms with E-state index in [2.05, 4.69) is 25.8 Å². The molecule has 0 unspecified atom stereocenters. The number of nitrogens with zero attached hydrogens (tertiary/aromatic N) is 3. The van der Waals surface area contributed by atoms with Gasteiger partial charge in [0.25, 0.3) is 0 Å². The van der Waals surface area contributed by atoms with Crippen molar-refractivity contribution in [1.82, 2.24) is 15.2 Å². The van der Waals surface area contributed by atoms with E-state index in [-0.39, 0.29) is 36.0 Å². The smallest absolute Gasteiger partial charge is 0.320 e. The maximum atomic E-state index is 13.3. The van der Waals surface area contributed by atoms with E-state index in [0.29, 0.717) is 11.6 Å². The van der Waals surface area contributed by atoms with Gasteiger partial charge in [-0.1, -0.05) is 5.10 Å². The van der Waals surface area contributed by atoms with Gasteiger partial charge in [-0.2, -0.15) is 0 Å². The SMILES string of the molecule is O=C(O)C[C@H]1CC[C@H](Oc2ccc(NC(=O)c3nnc(Nc4ccc(F)c(F)c4)o3)cn2)CC1. The first-order valence-corrected chi connectivity index (χ1v) is 10.6. The van der Waals surface area contributed by atoms with Crippen molar-refractivity contribution >= 4 is 29.3 Å². The Kier molecular flexibility index (Phi) is 6.95. The number of carbonyl (C=O) groups excluding carboxylic acids is 1. The summed E-state index contributed by atoms with van der Waals surface area (Å²) < 4.78 is 37.4. The fourth-order valence-corrected chi connectivity index (χ4v) is 3.64. The number of anilines is 3. The van der Waals surface area contributed by atoms with E-state index in [0.717, 1.165) is 37.8 Å². The van der Waals surface area contributed by atoms with Gasteiger partial charge in [-0.15, -0.1) is 5.10 Å². The lowest BCUT2D eigenvalue weighted by Crippen LogP contribution is -2.25. The Balaban J connectivity index is 1.28. The molecule has 3 N–H and O–H groups in total. The molecule has 4 rings (SSSR count). The van der Waals surface area contributed by atoms with Crippen molar-refractivity contribution in [2.24, 2.45) is 5.92 Å². The van der Waals surface area contributed by atoms with Gasteiger partial charge < -0.3 is 24.9 Å². The average molecular weight is 473 g/mol. The summed E-state index contributed by atoms with van der Waals surface area (Å²) in [7, 11) is 0. The molecule has 0 bridgehead atoms. The number of aliphatic carboxylic acids is 1. The monoisotopic (exact) mass is 473 g/mol. The molecule has 3 aromatic rings. The van der Waals surface area contributed by atoms with E-state index < -0.39 is 23.5 Å². The zero-order chi connectivity index (χ0) is 24.1. The third kappa shape index (κ3) is 6.03. The number of nitrogens with one attached hydrogen (secondary N) is 2. The number of carbonyl (C=O) groups is 2. The lowest BCUT2D eigenvalue weighted by Gasteiger charge is -2.27. The van der Waals surface area contributed by atoms with Gasteiger partial charge in [-0.05, 0) is 49.8 Å². The number of carboxylic acid groups (broad SMARTS) is 1. The minimum atomic E-state index is -1.05. The van der Waals surface area contributed by atoms with Crippen LogP contribution in [0.2, 0.25) is 0 Å². The Morgan fingerprint density at radius 1 is 1.06 bits per heavy atom. The van der Waals surface area contributed by atoms with Crippen LogP contribution in [0.3, 0.4) is 0 Å². The van der Waals surface area contributed by atoms with Gasteiger partial charge in [0.05, 0.1) is 11.9 Å². The largest absolute Gasteiger partial charge is 0.481 e. The first kappa shape index (κ1) is 23.1. The number of rotatable bonds is 8. The number of hydrogen-bond donors (Lipinski definition) is 3. The van der Waals surface area contributed by atoms with Crippen LogP contribution < -0.4 is 15.4 Å². The molecule has 0 spiro atoms. The van der Waals surface area contributed by atoms with E-state index in [1.807, 2.05) is 0 Å². The van der Waals surface area contributed by atoms with Crippen molar-refractivity contribution in [2.45, 2.75) is 38.2 Å². The standard InChI is InChI=1S/C22H21F2N5O5/c23-16-7-3-13(10-17(16)24)27-22-29-28-21(34-22)20(32)26-14-4-8-18(25-11-14)33-15-5-1-12(2-6-15)9-19(30)31/h3-4,7-8,10-12,15H,1-2,5-6,9H2,(H,26,32)(H,27,29)(H,30,31)/t12-,15-. The Bertz CT molecular complexity index is 1160. The third-order valence-electron chi connectivity index (χ3n) is 5.33. The molecule has 2 aromatic heterocycles. The molecule has 2 heterocycles. The van der Waals surface area contributed by atoms with Gasteiger partial charge in [-0.25, -0.2) is 13.8 Å². The Hall–Kier alpha value is -4.09. The summed E-state index contributed by atoms with van der Waals surface area (Å²) in [6.45, 7) is 0. The summed E-state index contributed by atoms with van der Waals surface area (Å²) in [6, 6.07) is 6.18. The molecular formula is C22H21F2N5O5. The summed E-state index contributed by atoms with van der Waals surface area (Å²) in [5, 5.41) is 21.3. The third-order valence-corrected chi connectivity index (χ3v) is 5.33. The molecule has 1 aliphatic carbocycles. The second-order valence-corrected chi connectivity index (χ2v) is 7.86.